The molecule has 2 aromatic rings. The molecule has 0 saturated carbocycles. The number of ether oxygens (including phenoxy) is 1. The quantitative estimate of drug-likeness (QED) is 0.631. The molecule has 2 heterocycles. The van der Waals surface area contributed by atoms with Gasteiger partial charge in [0.15, 0.2) is 5.78 Å². The molecule has 0 unspecified atom stereocenters. The molecule has 5 nitrogen and oxygen atoms in total. The highest BCUT2D eigenvalue weighted by molar-refractivity contribution is 5.98. The first-order valence-electron chi connectivity index (χ1n) is 10.5. The number of nitrogens with zero attached hydrogens (tertiary/aromatic N) is 3. The standard InChI is InChI=1S/C23H33N3O2/c1-5-11-26-16-21(18(4)24-26)15-25-12-7-9-20(14-25)23(27)19-8-6-10-22(13-19)28-17(2)3/h6,8,10,13,16-17,20H,5,7,9,11-12,14-15H2,1-4H3/t20-/m1/s1. The van der Waals surface area contributed by atoms with Gasteiger partial charge in [0.25, 0.3) is 0 Å². The van der Waals surface area contributed by atoms with E-state index in [9.17, 15) is 4.79 Å². The number of Topliss-reactive ketones (excluding diaryl/α,β-unsaturated/α-hetero) is 1. The number of likely N-dealkylation sites (tertiary alicyclic amines) is 1. The van der Waals surface area contributed by atoms with Crippen LogP contribution < -0.4 is 4.74 Å². The largest absolute Gasteiger partial charge is 0.491 e. The number of aromatic nitrogens is 2. The molecule has 3 rings (SSSR count). The van der Waals surface area contributed by atoms with Crippen molar-refractivity contribution in [1.29, 1.82) is 0 Å². The van der Waals surface area contributed by atoms with Gasteiger partial charge in [-0.2, -0.15) is 5.10 Å². The molecule has 5 heteroatoms. The SMILES string of the molecule is CCCn1cc(CN2CCC[C@@H](C(=O)c3cccc(OC(C)C)c3)C2)c(C)n1. The first-order valence-corrected chi connectivity index (χ1v) is 10.5. The molecule has 0 spiro atoms. The molecule has 0 amide bonds. The van der Waals surface area contributed by atoms with Crippen LogP contribution in [0.15, 0.2) is 30.5 Å². The number of aryl methyl sites for hydroxylation is 2. The Kier molecular flexibility index (Phi) is 6.89. The Morgan fingerprint density at radius 1 is 1.36 bits per heavy atom. The first kappa shape index (κ1) is 20.6. The van der Waals surface area contributed by atoms with Crippen molar-refractivity contribution in [1.82, 2.24) is 14.7 Å². The van der Waals surface area contributed by atoms with E-state index in [2.05, 4.69) is 30.0 Å². The number of hydrogen-bond donors (Lipinski definition) is 0. The smallest absolute Gasteiger partial charge is 0.167 e. The number of benzene rings is 1. The van der Waals surface area contributed by atoms with E-state index in [-0.39, 0.29) is 17.8 Å². The summed E-state index contributed by atoms with van der Waals surface area (Å²) in [5, 5.41) is 4.61. The lowest BCUT2D eigenvalue weighted by Gasteiger charge is -2.32. The van der Waals surface area contributed by atoms with Gasteiger partial charge >= 0.3 is 0 Å². The van der Waals surface area contributed by atoms with Gasteiger partial charge in [-0.3, -0.25) is 14.4 Å². The summed E-state index contributed by atoms with van der Waals surface area (Å²) in [5.74, 6) is 1.05. The molecule has 0 radical (unpaired) electrons. The van der Waals surface area contributed by atoms with Crippen LogP contribution in [0.4, 0.5) is 0 Å². The maximum Gasteiger partial charge on any atom is 0.167 e. The fourth-order valence-electron chi connectivity index (χ4n) is 3.94. The summed E-state index contributed by atoms with van der Waals surface area (Å²) in [6.45, 7) is 11.9. The molecule has 1 saturated heterocycles. The van der Waals surface area contributed by atoms with E-state index in [0.29, 0.717) is 0 Å². The lowest BCUT2D eigenvalue weighted by molar-refractivity contribution is 0.0810. The summed E-state index contributed by atoms with van der Waals surface area (Å²) in [4.78, 5) is 15.5. The molecule has 1 aromatic carbocycles. The Hall–Kier alpha value is -2.14. The predicted molar refractivity (Wildman–Crippen MR) is 112 cm³/mol. The number of carbonyl (C=O) groups is 1. The first-order chi connectivity index (χ1) is 13.5. The van der Waals surface area contributed by atoms with Crippen molar-refractivity contribution in [2.24, 2.45) is 5.92 Å². The summed E-state index contributed by atoms with van der Waals surface area (Å²) in [5.41, 5.74) is 3.13. The third-order valence-electron chi connectivity index (χ3n) is 5.26. The van der Waals surface area contributed by atoms with E-state index in [1.165, 1.54) is 5.56 Å². The maximum absolute atomic E-state index is 13.1. The van der Waals surface area contributed by atoms with Gasteiger partial charge in [-0.1, -0.05) is 19.1 Å². The minimum absolute atomic E-state index is 0.0500. The van der Waals surface area contributed by atoms with Gasteiger partial charge in [-0.05, 0) is 58.7 Å². The molecule has 0 N–H and O–H groups in total. The van der Waals surface area contributed by atoms with Crippen molar-refractivity contribution in [3.8, 4) is 5.75 Å². The highest BCUT2D eigenvalue weighted by Gasteiger charge is 2.27. The van der Waals surface area contributed by atoms with Crippen LogP contribution in [0, 0.1) is 12.8 Å². The Labute approximate surface area is 168 Å². The fourth-order valence-corrected chi connectivity index (χ4v) is 3.94. The van der Waals surface area contributed by atoms with Crippen molar-refractivity contribution in [3.63, 3.8) is 0 Å². The fraction of sp³-hybridized carbons (Fsp3) is 0.565. The van der Waals surface area contributed by atoms with Crippen LogP contribution in [0.5, 0.6) is 5.75 Å². The van der Waals surface area contributed by atoms with Gasteiger partial charge in [0, 0.05) is 42.9 Å². The van der Waals surface area contributed by atoms with Crippen molar-refractivity contribution in [3.05, 3.63) is 47.3 Å². The van der Waals surface area contributed by atoms with E-state index < -0.39 is 0 Å². The average molecular weight is 384 g/mol. The van der Waals surface area contributed by atoms with Gasteiger partial charge in [-0.15, -0.1) is 0 Å². The van der Waals surface area contributed by atoms with Gasteiger partial charge in [0.05, 0.1) is 11.8 Å². The third kappa shape index (κ3) is 5.22. The number of rotatable bonds is 8. The van der Waals surface area contributed by atoms with Crippen LogP contribution in [0.1, 0.15) is 61.6 Å². The molecule has 0 bridgehead atoms. The third-order valence-corrected chi connectivity index (χ3v) is 5.26. The van der Waals surface area contributed by atoms with Crippen molar-refractivity contribution in [2.75, 3.05) is 13.1 Å². The second-order valence-electron chi connectivity index (χ2n) is 8.14. The minimum Gasteiger partial charge on any atom is -0.491 e. The van der Waals surface area contributed by atoms with Crippen molar-refractivity contribution in [2.45, 2.75) is 66.2 Å². The van der Waals surface area contributed by atoms with Gasteiger partial charge < -0.3 is 4.74 Å². The topological polar surface area (TPSA) is 47.4 Å². The summed E-state index contributed by atoms with van der Waals surface area (Å²) in [6.07, 6.45) is 5.36. The zero-order chi connectivity index (χ0) is 20.1. The van der Waals surface area contributed by atoms with Crippen LogP contribution in [0.2, 0.25) is 0 Å². The Morgan fingerprint density at radius 2 is 2.18 bits per heavy atom. The molecule has 28 heavy (non-hydrogen) atoms. The lowest BCUT2D eigenvalue weighted by atomic mass is 9.89. The molecule has 152 valence electrons. The molecule has 1 aliphatic rings. The Morgan fingerprint density at radius 3 is 2.93 bits per heavy atom. The van der Waals surface area contributed by atoms with E-state index in [4.69, 9.17) is 4.74 Å². The molecule has 1 aliphatic heterocycles. The normalized spacial score (nSPS) is 17.8. The summed E-state index contributed by atoms with van der Waals surface area (Å²) in [6, 6.07) is 7.63. The van der Waals surface area contributed by atoms with Crippen LogP contribution in [-0.2, 0) is 13.1 Å². The Bertz CT molecular complexity index is 797. The van der Waals surface area contributed by atoms with Crippen LogP contribution in [0.25, 0.3) is 0 Å². The second-order valence-corrected chi connectivity index (χ2v) is 8.14. The number of carbonyl (C=O) groups excluding carboxylic acids is 1. The summed E-state index contributed by atoms with van der Waals surface area (Å²) < 4.78 is 7.80. The van der Waals surface area contributed by atoms with Crippen LogP contribution in [0.3, 0.4) is 0 Å². The average Bonchev–Trinajstić information content (AvgIpc) is 3.00. The summed E-state index contributed by atoms with van der Waals surface area (Å²) in [7, 11) is 0. The van der Waals surface area contributed by atoms with Crippen LogP contribution in [-0.4, -0.2) is 39.7 Å². The monoisotopic (exact) mass is 383 g/mol. The van der Waals surface area contributed by atoms with Crippen molar-refractivity contribution < 1.29 is 9.53 Å². The minimum atomic E-state index is 0.0500. The zero-order valence-corrected chi connectivity index (χ0v) is 17.6. The van der Waals surface area contributed by atoms with Gasteiger partial charge in [-0.25, -0.2) is 0 Å². The van der Waals surface area contributed by atoms with Crippen LogP contribution >= 0.6 is 0 Å². The molecular formula is C23H33N3O2. The molecule has 1 fully saturated rings. The molecular weight excluding hydrogens is 350 g/mol. The second kappa shape index (κ2) is 9.37. The number of ketones is 1. The number of piperidine rings is 1. The lowest BCUT2D eigenvalue weighted by Crippen LogP contribution is -2.38. The zero-order valence-electron chi connectivity index (χ0n) is 17.6. The highest BCUT2D eigenvalue weighted by atomic mass is 16.5. The van der Waals surface area contributed by atoms with E-state index in [1.807, 2.05) is 42.8 Å². The summed E-state index contributed by atoms with van der Waals surface area (Å²) >= 11 is 0. The van der Waals surface area contributed by atoms with Crippen molar-refractivity contribution >= 4 is 5.78 Å². The highest BCUT2D eigenvalue weighted by Crippen LogP contribution is 2.25. The Balaban J connectivity index is 1.65. The van der Waals surface area contributed by atoms with Gasteiger partial charge in [0.1, 0.15) is 5.75 Å². The molecule has 0 aliphatic carbocycles. The maximum atomic E-state index is 13.1. The molecule has 1 atom stereocenters. The molecule has 1 aromatic heterocycles. The van der Waals surface area contributed by atoms with E-state index in [0.717, 1.165) is 62.4 Å². The van der Waals surface area contributed by atoms with E-state index >= 15 is 0 Å². The predicted octanol–water partition coefficient (Wildman–Crippen LogP) is 4.48. The van der Waals surface area contributed by atoms with E-state index in [1.54, 1.807) is 0 Å². The number of hydrogen-bond acceptors (Lipinski definition) is 4. The van der Waals surface area contributed by atoms with Gasteiger partial charge in [0.2, 0.25) is 0 Å².